The molecule has 2 rings (SSSR count). The molecule has 1 amide bonds. The topological polar surface area (TPSA) is 68.0 Å². The van der Waals surface area contributed by atoms with Crippen molar-refractivity contribution in [1.82, 2.24) is 10.3 Å². The SMILES string of the molecule is CCCCC(CN)NC(=O)Cc1csc(Cc2ccc(F)cc2)n1. The second kappa shape index (κ2) is 9.49. The molecule has 2 aromatic rings. The van der Waals surface area contributed by atoms with Gasteiger partial charge in [-0.05, 0) is 24.1 Å². The molecule has 1 aromatic carbocycles. The van der Waals surface area contributed by atoms with Crippen LogP contribution in [0.1, 0.15) is 42.5 Å². The van der Waals surface area contributed by atoms with Gasteiger partial charge < -0.3 is 11.1 Å². The second-order valence-electron chi connectivity index (χ2n) is 5.85. The van der Waals surface area contributed by atoms with Crippen LogP contribution in [0.5, 0.6) is 0 Å². The average Bonchev–Trinajstić information content (AvgIpc) is 3.00. The minimum Gasteiger partial charge on any atom is -0.352 e. The number of nitrogens with one attached hydrogen (secondary N) is 1. The number of thiazole rings is 1. The summed E-state index contributed by atoms with van der Waals surface area (Å²) in [5.74, 6) is -0.284. The van der Waals surface area contributed by atoms with Gasteiger partial charge in [-0.3, -0.25) is 4.79 Å². The molecule has 1 unspecified atom stereocenters. The van der Waals surface area contributed by atoms with Crippen molar-refractivity contribution in [3.63, 3.8) is 0 Å². The Balaban J connectivity index is 1.86. The lowest BCUT2D eigenvalue weighted by molar-refractivity contribution is -0.121. The summed E-state index contributed by atoms with van der Waals surface area (Å²) in [7, 11) is 0. The van der Waals surface area contributed by atoms with Gasteiger partial charge in [0.2, 0.25) is 5.91 Å². The first-order valence-corrected chi connectivity index (χ1v) is 9.15. The lowest BCUT2D eigenvalue weighted by atomic mass is 10.1. The fourth-order valence-electron chi connectivity index (χ4n) is 2.43. The number of nitrogens with two attached hydrogens (primary N) is 1. The Morgan fingerprint density at radius 2 is 2.12 bits per heavy atom. The van der Waals surface area contributed by atoms with E-state index in [2.05, 4.69) is 17.2 Å². The van der Waals surface area contributed by atoms with Gasteiger partial charge in [0, 0.05) is 24.4 Å². The van der Waals surface area contributed by atoms with E-state index < -0.39 is 0 Å². The molecule has 0 aliphatic rings. The van der Waals surface area contributed by atoms with Crippen LogP contribution in [0.4, 0.5) is 4.39 Å². The van der Waals surface area contributed by atoms with Crippen LogP contribution in [0.25, 0.3) is 0 Å². The van der Waals surface area contributed by atoms with Crippen molar-refractivity contribution in [1.29, 1.82) is 0 Å². The minimum absolute atomic E-state index is 0.0368. The van der Waals surface area contributed by atoms with Crippen molar-refractivity contribution in [2.75, 3.05) is 6.54 Å². The largest absolute Gasteiger partial charge is 0.352 e. The van der Waals surface area contributed by atoms with E-state index in [4.69, 9.17) is 5.73 Å². The minimum atomic E-state index is -0.243. The lowest BCUT2D eigenvalue weighted by Gasteiger charge is -2.15. The Bertz CT molecular complexity index is 642. The number of amides is 1. The Labute approximate surface area is 146 Å². The van der Waals surface area contributed by atoms with Crippen LogP contribution in [0.2, 0.25) is 0 Å². The van der Waals surface area contributed by atoms with Crippen molar-refractivity contribution in [2.24, 2.45) is 5.73 Å². The maximum atomic E-state index is 12.9. The maximum absolute atomic E-state index is 12.9. The van der Waals surface area contributed by atoms with Gasteiger partial charge in [0.1, 0.15) is 5.82 Å². The first kappa shape index (κ1) is 18.5. The standard InChI is InChI=1S/C18H24FN3OS/c1-2-3-4-15(11-20)21-17(23)10-16-12-24-18(22-16)9-13-5-7-14(19)8-6-13/h5-8,12,15H,2-4,9-11,20H2,1H3,(H,21,23). The molecule has 1 heterocycles. The summed E-state index contributed by atoms with van der Waals surface area (Å²) in [4.78, 5) is 16.6. The van der Waals surface area contributed by atoms with E-state index in [1.807, 2.05) is 5.38 Å². The van der Waals surface area contributed by atoms with E-state index in [1.165, 1.54) is 23.5 Å². The summed E-state index contributed by atoms with van der Waals surface area (Å²) in [6.07, 6.45) is 3.97. The number of rotatable bonds is 9. The van der Waals surface area contributed by atoms with E-state index in [0.717, 1.165) is 35.5 Å². The van der Waals surface area contributed by atoms with Gasteiger partial charge in [0.05, 0.1) is 17.1 Å². The molecule has 1 aromatic heterocycles. The first-order valence-electron chi connectivity index (χ1n) is 8.27. The summed E-state index contributed by atoms with van der Waals surface area (Å²) < 4.78 is 12.9. The molecular formula is C18H24FN3OS. The molecular weight excluding hydrogens is 325 g/mol. The Hall–Kier alpha value is -1.79. The fourth-order valence-corrected chi connectivity index (χ4v) is 3.26. The van der Waals surface area contributed by atoms with E-state index in [-0.39, 0.29) is 24.2 Å². The number of nitrogens with zero attached hydrogens (tertiary/aromatic N) is 1. The number of aromatic nitrogens is 1. The molecule has 3 N–H and O–H groups in total. The van der Waals surface area contributed by atoms with Gasteiger partial charge in [0.25, 0.3) is 0 Å². The first-order chi connectivity index (χ1) is 11.6. The quantitative estimate of drug-likeness (QED) is 0.731. The van der Waals surface area contributed by atoms with E-state index >= 15 is 0 Å². The third-order valence-electron chi connectivity index (χ3n) is 3.77. The molecule has 0 radical (unpaired) electrons. The van der Waals surface area contributed by atoms with Gasteiger partial charge in [-0.25, -0.2) is 9.37 Å². The summed E-state index contributed by atoms with van der Waals surface area (Å²) in [5.41, 5.74) is 7.47. The van der Waals surface area contributed by atoms with Crippen LogP contribution in [0.3, 0.4) is 0 Å². The smallest absolute Gasteiger partial charge is 0.226 e. The van der Waals surface area contributed by atoms with Crippen LogP contribution < -0.4 is 11.1 Å². The third kappa shape index (κ3) is 6.02. The highest BCUT2D eigenvalue weighted by Gasteiger charge is 2.12. The molecule has 0 saturated heterocycles. The van der Waals surface area contributed by atoms with Gasteiger partial charge in [-0.1, -0.05) is 31.9 Å². The zero-order chi connectivity index (χ0) is 17.4. The normalized spacial score (nSPS) is 12.1. The van der Waals surface area contributed by atoms with E-state index in [0.29, 0.717) is 13.0 Å². The van der Waals surface area contributed by atoms with E-state index in [1.54, 1.807) is 12.1 Å². The van der Waals surface area contributed by atoms with Crippen molar-refractivity contribution < 1.29 is 9.18 Å². The molecule has 0 fully saturated rings. The number of unbranched alkanes of at least 4 members (excludes halogenated alkanes) is 1. The van der Waals surface area contributed by atoms with Gasteiger partial charge >= 0.3 is 0 Å². The Morgan fingerprint density at radius 3 is 2.79 bits per heavy atom. The molecule has 0 spiro atoms. The molecule has 0 bridgehead atoms. The molecule has 0 aliphatic heterocycles. The highest BCUT2D eigenvalue weighted by Crippen LogP contribution is 2.16. The van der Waals surface area contributed by atoms with Crippen LogP contribution in [0.15, 0.2) is 29.6 Å². The molecule has 0 saturated carbocycles. The molecule has 4 nitrogen and oxygen atoms in total. The number of benzene rings is 1. The average molecular weight is 349 g/mol. The van der Waals surface area contributed by atoms with Crippen molar-refractivity contribution >= 4 is 17.2 Å². The molecule has 6 heteroatoms. The molecule has 130 valence electrons. The number of carbonyl (C=O) groups is 1. The maximum Gasteiger partial charge on any atom is 0.226 e. The molecule has 24 heavy (non-hydrogen) atoms. The van der Waals surface area contributed by atoms with Gasteiger partial charge in [-0.15, -0.1) is 11.3 Å². The van der Waals surface area contributed by atoms with Gasteiger partial charge in [-0.2, -0.15) is 0 Å². The fraction of sp³-hybridized carbons (Fsp3) is 0.444. The molecule has 0 aliphatic carbocycles. The number of hydrogen-bond acceptors (Lipinski definition) is 4. The zero-order valence-corrected chi connectivity index (χ0v) is 14.7. The monoisotopic (exact) mass is 349 g/mol. The Morgan fingerprint density at radius 1 is 1.38 bits per heavy atom. The molecule has 1 atom stereocenters. The predicted molar refractivity (Wildman–Crippen MR) is 95.5 cm³/mol. The highest BCUT2D eigenvalue weighted by molar-refractivity contribution is 7.09. The highest BCUT2D eigenvalue weighted by atomic mass is 32.1. The van der Waals surface area contributed by atoms with Crippen molar-refractivity contribution in [2.45, 2.75) is 45.1 Å². The lowest BCUT2D eigenvalue weighted by Crippen LogP contribution is -2.40. The number of carbonyl (C=O) groups excluding carboxylic acids is 1. The van der Waals surface area contributed by atoms with Crippen LogP contribution in [0, 0.1) is 5.82 Å². The van der Waals surface area contributed by atoms with Crippen molar-refractivity contribution in [3.8, 4) is 0 Å². The number of halogens is 1. The van der Waals surface area contributed by atoms with Crippen LogP contribution in [-0.4, -0.2) is 23.5 Å². The van der Waals surface area contributed by atoms with Crippen LogP contribution in [-0.2, 0) is 17.6 Å². The third-order valence-corrected chi connectivity index (χ3v) is 4.66. The Kier molecular flexibility index (Phi) is 7.34. The summed E-state index contributed by atoms with van der Waals surface area (Å²) >= 11 is 1.52. The van der Waals surface area contributed by atoms with Crippen LogP contribution >= 0.6 is 11.3 Å². The zero-order valence-electron chi connectivity index (χ0n) is 13.9. The number of hydrogen-bond donors (Lipinski definition) is 2. The van der Waals surface area contributed by atoms with Gasteiger partial charge in [0.15, 0.2) is 0 Å². The predicted octanol–water partition coefficient (Wildman–Crippen LogP) is 3.05. The summed E-state index contributed by atoms with van der Waals surface area (Å²) in [5, 5.41) is 5.80. The van der Waals surface area contributed by atoms with Crippen molar-refractivity contribution in [3.05, 3.63) is 51.7 Å². The summed E-state index contributed by atoms with van der Waals surface area (Å²) in [6, 6.07) is 6.43. The summed E-state index contributed by atoms with van der Waals surface area (Å²) in [6.45, 7) is 2.58. The van der Waals surface area contributed by atoms with E-state index in [9.17, 15) is 9.18 Å². The second-order valence-corrected chi connectivity index (χ2v) is 6.80.